The maximum atomic E-state index is 8.00. The van der Waals surface area contributed by atoms with Crippen molar-refractivity contribution in [3.8, 4) is 17.2 Å². The summed E-state index contributed by atoms with van der Waals surface area (Å²) in [6.07, 6.45) is 0. The lowest BCUT2D eigenvalue weighted by Gasteiger charge is -2.08. The largest absolute Gasteiger partial charge is 0.457 e. The van der Waals surface area contributed by atoms with E-state index < -0.39 is 0 Å². The molecule has 0 heterocycles. The highest BCUT2D eigenvalue weighted by atomic mass is 17.2. The van der Waals surface area contributed by atoms with Crippen LogP contribution in [-0.4, -0.2) is 6.79 Å². The first-order valence-corrected chi connectivity index (χ1v) is 11.2. The minimum atomic E-state index is 0.374. The lowest BCUT2D eigenvalue weighted by atomic mass is 10.2. The number of carbonyl (C=O) groups excluding carboxylic acids is 1. The van der Waals surface area contributed by atoms with Gasteiger partial charge in [-0.1, -0.05) is 89.1 Å². The second-order valence-electron chi connectivity index (χ2n) is 5.72. The van der Waals surface area contributed by atoms with Crippen LogP contribution in [0.3, 0.4) is 0 Å². The van der Waals surface area contributed by atoms with Crippen molar-refractivity contribution in [3.63, 3.8) is 0 Å². The second-order valence-corrected chi connectivity index (χ2v) is 5.72. The maximum Gasteiger partial charge on any atom is 0.165 e. The summed E-state index contributed by atoms with van der Waals surface area (Å²) < 4.78 is 5.80. The van der Waals surface area contributed by atoms with E-state index in [-0.39, 0.29) is 0 Å². The van der Waals surface area contributed by atoms with E-state index in [1.165, 1.54) is 11.1 Å². The van der Waals surface area contributed by atoms with E-state index in [1.807, 2.05) is 128 Å². The molecule has 0 fully saturated rings. The fourth-order valence-electron chi connectivity index (χ4n) is 2.16. The van der Waals surface area contributed by atoms with E-state index in [4.69, 9.17) is 19.3 Å². The van der Waals surface area contributed by atoms with Gasteiger partial charge in [-0.05, 0) is 55.8 Å². The van der Waals surface area contributed by atoms with Crippen LogP contribution >= 0.6 is 0 Å². The molecule has 0 unspecified atom stereocenters. The Morgan fingerprint density at radius 2 is 0.906 bits per heavy atom. The van der Waals surface area contributed by atoms with Crippen molar-refractivity contribution >= 4 is 6.79 Å². The third-order valence-corrected chi connectivity index (χ3v) is 3.58. The third-order valence-electron chi connectivity index (χ3n) is 3.58. The predicted molar refractivity (Wildman–Crippen MR) is 135 cm³/mol. The Labute approximate surface area is 195 Å². The lowest BCUT2D eigenvalue weighted by molar-refractivity contribution is -0.217. The van der Waals surface area contributed by atoms with Gasteiger partial charge in [0, 0.05) is 0 Å². The van der Waals surface area contributed by atoms with Gasteiger partial charge in [0.2, 0.25) is 0 Å². The van der Waals surface area contributed by atoms with Gasteiger partial charge in [0.25, 0.3) is 0 Å². The van der Waals surface area contributed by atoms with Crippen LogP contribution in [0.25, 0.3) is 0 Å². The smallest absolute Gasteiger partial charge is 0.165 e. The van der Waals surface area contributed by atoms with Crippen molar-refractivity contribution in [2.24, 2.45) is 0 Å². The van der Waals surface area contributed by atoms with Crippen LogP contribution in [0.5, 0.6) is 17.2 Å². The van der Waals surface area contributed by atoms with Gasteiger partial charge in [0.1, 0.15) is 24.9 Å². The monoisotopic (exact) mass is 440 g/mol. The first-order valence-electron chi connectivity index (χ1n) is 11.2. The first kappa shape index (κ1) is 31.1. The first-order chi connectivity index (χ1) is 15.7. The summed E-state index contributed by atoms with van der Waals surface area (Å²) in [7, 11) is 0. The minimum Gasteiger partial charge on any atom is -0.457 e. The second kappa shape index (κ2) is 21.1. The minimum absolute atomic E-state index is 0.374. The van der Waals surface area contributed by atoms with Crippen LogP contribution in [0.4, 0.5) is 0 Å². The standard InChI is InChI=1S/C21H20O3.3C2H6.CH2O/c1-16-3-9-19(10-4-16)23-20-13-7-18(8-14-20)15-22-24-21-11-5-17(2)6-12-21;4*1-2/h3-14H,15H2,1-2H3;3*1-2H3;1H2. The van der Waals surface area contributed by atoms with Gasteiger partial charge in [0.05, 0.1) is 0 Å². The molecular formula is C28H40O4. The van der Waals surface area contributed by atoms with Gasteiger partial charge in [-0.15, -0.1) is 0 Å². The van der Waals surface area contributed by atoms with Crippen LogP contribution in [0.1, 0.15) is 58.2 Å². The van der Waals surface area contributed by atoms with Crippen molar-refractivity contribution in [2.45, 2.75) is 62.0 Å². The molecule has 0 radical (unpaired) electrons. The highest BCUT2D eigenvalue weighted by molar-refractivity contribution is 5.34. The van der Waals surface area contributed by atoms with Gasteiger partial charge in [-0.3, -0.25) is 0 Å². The molecule has 0 aliphatic carbocycles. The van der Waals surface area contributed by atoms with E-state index in [0.717, 1.165) is 17.1 Å². The van der Waals surface area contributed by atoms with E-state index in [1.54, 1.807) is 0 Å². The maximum absolute atomic E-state index is 8.00. The Morgan fingerprint density at radius 1 is 0.562 bits per heavy atom. The normalized spacial score (nSPS) is 8.50. The fraction of sp³-hybridized carbons (Fsp3) is 0.321. The molecule has 0 saturated carbocycles. The van der Waals surface area contributed by atoms with Crippen molar-refractivity contribution in [2.75, 3.05) is 0 Å². The summed E-state index contributed by atoms with van der Waals surface area (Å²) in [6, 6.07) is 23.5. The summed E-state index contributed by atoms with van der Waals surface area (Å²) in [5.74, 6) is 2.31. The molecular weight excluding hydrogens is 400 g/mol. The molecule has 0 atom stereocenters. The molecule has 0 spiro atoms. The molecule has 0 amide bonds. The molecule has 0 bridgehead atoms. The summed E-state index contributed by atoms with van der Waals surface area (Å²) in [4.78, 5) is 18.5. The molecule has 4 heteroatoms. The number of hydrogen-bond acceptors (Lipinski definition) is 4. The van der Waals surface area contributed by atoms with Crippen LogP contribution in [0.2, 0.25) is 0 Å². The van der Waals surface area contributed by atoms with Crippen LogP contribution in [0, 0.1) is 13.8 Å². The summed E-state index contributed by atoms with van der Waals surface area (Å²) in [5, 5.41) is 0. The highest BCUT2D eigenvalue weighted by Gasteiger charge is 2.00. The topological polar surface area (TPSA) is 44.8 Å². The van der Waals surface area contributed by atoms with Gasteiger partial charge in [0.15, 0.2) is 5.75 Å². The summed E-state index contributed by atoms with van der Waals surface area (Å²) in [6.45, 7) is 18.5. The number of aryl methyl sites for hydroxylation is 2. The number of hydrogen-bond donors (Lipinski definition) is 0. The molecule has 0 aliphatic heterocycles. The van der Waals surface area contributed by atoms with E-state index in [0.29, 0.717) is 12.4 Å². The van der Waals surface area contributed by atoms with Gasteiger partial charge in [-0.2, -0.15) is 4.89 Å². The quantitative estimate of drug-likeness (QED) is 0.285. The number of carbonyl (C=O) groups is 1. The molecule has 32 heavy (non-hydrogen) atoms. The Kier molecular flexibility index (Phi) is 20.5. The average Bonchev–Trinajstić information content (AvgIpc) is 2.88. The van der Waals surface area contributed by atoms with Gasteiger partial charge < -0.3 is 14.4 Å². The zero-order valence-electron chi connectivity index (χ0n) is 21.0. The zero-order valence-corrected chi connectivity index (χ0v) is 21.0. The molecule has 0 N–H and O–H groups in total. The van der Waals surface area contributed by atoms with E-state index in [9.17, 15) is 0 Å². The van der Waals surface area contributed by atoms with Gasteiger partial charge >= 0.3 is 0 Å². The predicted octanol–water partition coefficient (Wildman–Crippen LogP) is 8.50. The van der Waals surface area contributed by atoms with Crippen molar-refractivity contribution in [1.29, 1.82) is 0 Å². The highest BCUT2D eigenvalue weighted by Crippen LogP contribution is 2.22. The van der Waals surface area contributed by atoms with Crippen molar-refractivity contribution in [1.82, 2.24) is 0 Å². The van der Waals surface area contributed by atoms with E-state index in [2.05, 4.69) is 6.92 Å². The van der Waals surface area contributed by atoms with Crippen LogP contribution < -0.4 is 9.62 Å². The molecule has 176 valence electrons. The Balaban J connectivity index is 0. The van der Waals surface area contributed by atoms with Crippen LogP contribution in [0.15, 0.2) is 72.8 Å². The summed E-state index contributed by atoms with van der Waals surface area (Å²) >= 11 is 0. The van der Waals surface area contributed by atoms with Gasteiger partial charge in [-0.25, -0.2) is 0 Å². The van der Waals surface area contributed by atoms with Crippen molar-refractivity contribution < 1.29 is 19.3 Å². The number of ether oxygens (including phenoxy) is 1. The Hall–Kier alpha value is -3.11. The molecule has 4 nitrogen and oxygen atoms in total. The fourth-order valence-corrected chi connectivity index (χ4v) is 2.16. The molecule has 0 aromatic heterocycles. The molecule has 0 aliphatic rings. The Bertz CT molecular complexity index is 779. The molecule has 3 aromatic carbocycles. The average molecular weight is 441 g/mol. The van der Waals surface area contributed by atoms with Crippen molar-refractivity contribution in [3.05, 3.63) is 89.5 Å². The van der Waals surface area contributed by atoms with Crippen LogP contribution in [-0.2, 0) is 16.3 Å². The molecule has 3 aromatic rings. The number of benzene rings is 3. The molecule has 0 saturated heterocycles. The SMILES string of the molecule is C=O.CC.CC.CC.Cc1ccc(OOCc2ccc(Oc3ccc(C)cc3)cc2)cc1. The summed E-state index contributed by atoms with van der Waals surface area (Å²) in [5.41, 5.74) is 3.41. The zero-order chi connectivity index (χ0) is 24.8. The van der Waals surface area contributed by atoms with E-state index >= 15 is 0 Å². The third kappa shape index (κ3) is 13.2. The Morgan fingerprint density at radius 3 is 1.31 bits per heavy atom. The number of rotatable bonds is 6. The lowest BCUT2D eigenvalue weighted by Crippen LogP contribution is -1.98. The molecule has 3 rings (SSSR count).